The monoisotopic (exact) mass is 244 g/mol. The van der Waals surface area contributed by atoms with E-state index in [1.807, 2.05) is 12.1 Å². The minimum atomic E-state index is 0.471. The van der Waals surface area contributed by atoms with E-state index in [0.717, 1.165) is 18.9 Å². The first-order valence-corrected chi connectivity index (χ1v) is 6.65. The summed E-state index contributed by atoms with van der Waals surface area (Å²) in [5.74, 6) is 1.49. The van der Waals surface area contributed by atoms with E-state index in [1.54, 1.807) is 6.07 Å². The number of nitrogens with zero attached hydrogens (tertiary/aromatic N) is 3. The van der Waals surface area contributed by atoms with Gasteiger partial charge in [-0.1, -0.05) is 13.0 Å². The van der Waals surface area contributed by atoms with Crippen LogP contribution < -0.4 is 5.32 Å². The summed E-state index contributed by atoms with van der Waals surface area (Å²) in [5.41, 5.74) is 0.471. The van der Waals surface area contributed by atoms with Crippen LogP contribution >= 0.6 is 0 Å². The lowest BCUT2D eigenvalue weighted by Gasteiger charge is -2.31. The van der Waals surface area contributed by atoms with E-state index in [2.05, 4.69) is 28.2 Å². The quantitative estimate of drug-likeness (QED) is 0.881. The molecule has 1 saturated heterocycles. The fourth-order valence-corrected chi connectivity index (χ4v) is 2.45. The molecule has 4 nitrogen and oxygen atoms in total. The highest BCUT2D eigenvalue weighted by atomic mass is 15.1. The van der Waals surface area contributed by atoms with Crippen molar-refractivity contribution in [3.63, 3.8) is 0 Å². The second-order valence-corrected chi connectivity index (χ2v) is 4.80. The Labute approximate surface area is 109 Å². The number of likely N-dealkylation sites (tertiary alicyclic amines) is 1. The van der Waals surface area contributed by atoms with Gasteiger partial charge in [0, 0.05) is 13.1 Å². The van der Waals surface area contributed by atoms with Crippen LogP contribution in [0.25, 0.3) is 0 Å². The van der Waals surface area contributed by atoms with E-state index < -0.39 is 0 Å². The summed E-state index contributed by atoms with van der Waals surface area (Å²) in [6.45, 7) is 6.70. The minimum absolute atomic E-state index is 0.471. The summed E-state index contributed by atoms with van der Waals surface area (Å²) >= 11 is 0. The molecule has 1 aromatic heterocycles. The predicted octanol–water partition coefficient (Wildman–Crippen LogP) is 2.10. The number of anilines is 1. The fraction of sp³-hybridized carbons (Fsp3) is 0.571. The highest BCUT2D eigenvalue weighted by molar-refractivity contribution is 5.38. The molecule has 1 aromatic rings. The first kappa shape index (κ1) is 12.8. The van der Waals surface area contributed by atoms with E-state index in [1.165, 1.54) is 25.9 Å². The van der Waals surface area contributed by atoms with Gasteiger partial charge in [0.05, 0.1) is 0 Å². The average molecular weight is 244 g/mol. The van der Waals surface area contributed by atoms with Crippen molar-refractivity contribution < 1.29 is 0 Å². The number of aromatic nitrogens is 1. The molecule has 1 atom stereocenters. The third-order valence-corrected chi connectivity index (χ3v) is 3.49. The molecule has 96 valence electrons. The van der Waals surface area contributed by atoms with Crippen molar-refractivity contribution in [1.29, 1.82) is 5.26 Å². The molecular formula is C14H20N4. The van der Waals surface area contributed by atoms with Crippen molar-refractivity contribution >= 4 is 5.82 Å². The molecule has 0 bridgehead atoms. The Kier molecular flexibility index (Phi) is 4.54. The van der Waals surface area contributed by atoms with Crippen molar-refractivity contribution in [1.82, 2.24) is 9.88 Å². The van der Waals surface area contributed by atoms with Crippen molar-refractivity contribution in [2.75, 3.05) is 31.5 Å². The molecule has 1 N–H and O–H groups in total. The lowest BCUT2D eigenvalue weighted by atomic mass is 9.98. The highest BCUT2D eigenvalue weighted by Gasteiger charge is 2.18. The van der Waals surface area contributed by atoms with Crippen molar-refractivity contribution in [3.05, 3.63) is 23.9 Å². The summed E-state index contributed by atoms with van der Waals surface area (Å²) in [6.07, 6.45) is 2.56. The normalized spacial score (nSPS) is 20.3. The second kappa shape index (κ2) is 6.36. The Hall–Kier alpha value is -1.60. The molecule has 0 aromatic carbocycles. The van der Waals surface area contributed by atoms with Crippen LogP contribution in [0.1, 0.15) is 25.5 Å². The van der Waals surface area contributed by atoms with Gasteiger partial charge < -0.3 is 10.2 Å². The molecule has 1 unspecified atom stereocenters. The maximum absolute atomic E-state index is 8.80. The van der Waals surface area contributed by atoms with E-state index in [9.17, 15) is 0 Å². The Balaban J connectivity index is 1.85. The molecule has 0 aliphatic carbocycles. The van der Waals surface area contributed by atoms with E-state index in [-0.39, 0.29) is 0 Å². The van der Waals surface area contributed by atoms with Gasteiger partial charge in [0.1, 0.15) is 17.6 Å². The maximum atomic E-state index is 8.80. The number of hydrogen-bond donors (Lipinski definition) is 1. The first-order chi connectivity index (χ1) is 8.81. The molecule has 1 aliphatic rings. The number of rotatable bonds is 4. The first-order valence-electron chi connectivity index (χ1n) is 6.65. The fourth-order valence-electron chi connectivity index (χ4n) is 2.45. The molecule has 2 heterocycles. The topological polar surface area (TPSA) is 52.0 Å². The number of pyridine rings is 1. The number of nitrogens with one attached hydrogen (secondary N) is 1. The molecule has 0 spiro atoms. The Morgan fingerprint density at radius 1 is 1.56 bits per heavy atom. The molecule has 18 heavy (non-hydrogen) atoms. The Morgan fingerprint density at radius 3 is 3.22 bits per heavy atom. The van der Waals surface area contributed by atoms with Crippen molar-refractivity contribution in [2.45, 2.75) is 19.8 Å². The van der Waals surface area contributed by atoms with Gasteiger partial charge in [0.15, 0.2) is 0 Å². The lowest BCUT2D eigenvalue weighted by Crippen LogP contribution is -2.37. The van der Waals surface area contributed by atoms with Gasteiger partial charge in [0.2, 0.25) is 0 Å². The van der Waals surface area contributed by atoms with Gasteiger partial charge in [-0.05, 0) is 44.0 Å². The number of nitriles is 1. The molecule has 0 radical (unpaired) electrons. The van der Waals surface area contributed by atoms with Crippen LogP contribution in [-0.4, -0.2) is 36.1 Å². The van der Waals surface area contributed by atoms with Crippen LogP contribution in [0.5, 0.6) is 0 Å². The van der Waals surface area contributed by atoms with E-state index >= 15 is 0 Å². The number of piperidine rings is 1. The van der Waals surface area contributed by atoms with Crippen LogP contribution in [0, 0.1) is 17.2 Å². The molecule has 2 rings (SSSR count). The highest BCUT2D eigenvalue weighted by Crippen LogP contribution is 2.16. The SMILES string of the molecule is CCN1CCCC(CNc2cccc(C#N)n2)C1. The average Bonchev–Trinajstić information content (AvgIpc) is 2.45. The molecule has 1 fully saturated rings. The van der Waals surface area contributed by atoms with Gasteiger partial charge in [-0.3, -0.25) is 0 Å². The zero-order valence-electron chi connectivity index (χ0n) is 10.9. The smallest absolute Gasteiger partial charge is 0.142 e. The number of hydrogen-bond acceptors (Lipinski definition) is 4. The zero-order valence-corrected chi connectivity index (χ0v) is 10.9. The Morgan fingerprint density at radius 2 is 2.44 bits per heavy atom. The Bertz CT molecular complexity index is 424. The van der Waals surface area contributed by atoms with Crippen LogP contribution in [0.15, 0.2) is 18.2 Å². The van der Waals surface area contributed by atoms with Crippen LogP contribution in [0.2, 0.25) is 0 Å². The zero-order chi connectivity index (χ0) is 12.8. The van der Waals surface area contributed by atoms with Gasteiger partial charge in [-0.15, -0.1) is 0 Å². The van der Waals surface area contributed by atoms with Crippen LogP contribution in [0.4, 0.5) is 5.82 Å². The molecule has 4 heteroatoms. The van der Waals surface area contributed by atoms with Crippen molar-refractivity contribution in [3.8, 4) is 6.07 Å². The summed E-state index contributed by atoms with van der Waals surface area (Å²) in [4.78, 5) is 6.72. The summed E-state index contributed by atoms with van der Waals surface area (Å²) in [5, 5.41) is 12.1. The van der Waals surface area contributed by atoms with E-state index in [4.69, 9.17) is 5.26 Å². The standard InChI is InChI=1S/C14H20N4/c1-2-18-8-4-5-12(11-18)10-16-14-7-3-6-13(9-15)17-14/h3,6-7,12H,2,4-5,8,10-11H2,1H3,(H,16,17). The van der Waals surface area contributed by atoms with Crippen LogP contribution in [-0.2, 0) is 0 Å². The molecular weight excluding hydrogens is 224 g/mol. The minimum Gasteiger partial charge on any atom is -0.370 e. The predicted molar refractivity (Wildman–Crippen MR) is 72.3 cm³/mol. The lowest BCUT2D eigenvalue weighted by molar-refractivity contribution is 0.189. The summed E-state index contributed by atoms with van der Waals surface area (Å²) in [6, 6.07) is 7.58. The van der Waals surface area contributed by atoms with Gasteiger partial charge in [-0.2, -0.15) is 5.26 Å². The van der Waals surface area contributed by atoms with Gasteiger partial charge >= 0.3 is 0 Å². The van der Waals surface area contributed by atoms with Gasteiger partial charge in [-0.25, -0.2) is 4.98 Å². The van der Waals surface area contributed by atoms with Crippen molar-refractivity contribution in [2.24, 2.45) is 5.92 Å². The summed E-state index contributed by atoms with van der Waals surface area (Å²) < 4.78 is 0. The molecule has 0 saturated carbocycles. The largest absolute Gasteiger partial charge is 0.370 e. The third-order valence-electron chi connectivity index (χ3n) is 3.49. The van der Waals surface area contributed by atoms with Gasteiger partial charge in [0.25, 0.3) is 0 Å². The third kappa shape index (κ3) is 3.44. The molecule has 0 amide bonds. The molecule has 1 aliphatic heterocycles. The maximum Gasteiger partial charge on any atom is 0.142 e. The van der Waals surface area contributed by atoms with E-state index in [0.29, 0.717) is 11.6 Å². The van der Waals surface area contributed by atoms with Crippen LogP contribution in [0.3, 0.4) is 0 Å². The second-order valence-electron chi connectivity index (χ2n) is 4.80. The summed E-state index contributed by atoms with van der Waals surface area (Å²) in [7, 11) is 0.